The summed E-state index contributed by atoms with van der Waals surface area (Å²) in [6.45, 7) is 5.63. The molecule has 21 heavy (non-hydrogen) atoms. The summed E-state index contributed by atoms with van der Waals surface area (Å²) in [5, 5.41) is 22.9. The van der Waals surface area contributed by atoms with E-state index in [4.69, 9.17) is 4.74 Å². The Balaban J connectivity index is 2.81. The third kappa shape index (κ3) is 4.71. The smallest absolute Gasteiger partial charge is 0.311 e. The number of ether oxygens (including phenoxy) is 1. The van der Waals surface area contributed by atoms with Gasteiger partial charge in [-0.2, -0.15) is 0 Å². The minimum absolute atomic E-state index is 0.126. The number of carbonyl (C=O) groups is 1. The van der Waals surface area contributed by atoms with Crippen molar-refractivity contribution in [3.8, 4) is 5.75 Å². The predicted octanol–water partition coefficient (Wildman–Crippen LogP) is 2.23. The minimum atomic E-state index is -0.733. The number of benzene rings is 1. The lowest BCUT2D eigenvalue weighted by atomic mass is 9.99. The Bertz CT molecular complexity index is 542. The van der Waals surface area contributed by atoms with Crippen LogP contribution in [0.5, 0.6) is 5.75 Å². The molecule has 0 heterocycles. The molecule has 1 aromatic rings. The molecule has 2 N–H and O–H groups in total. The summed E-state index contributed by atoms with van der Waals surface area (Å²) in [6, 6.07) is 3.36. The SMILES string of the molecule is COC(C)(C)C[C@H](C)NC(=O)c1ccc(O)c([N+](=O)[O-])c1. The number of nitrogens with one attached hydrogen (secondary N) is 1. The number of carbonyl (C=O) groups excluding carboxylic acids is 1. The van der Waals surface area contributed by atoms with Crippen LogP contribution in [0.25, 0.3) is 0 Å². The third-order valence-electron chi connectivity index (χ3n) is 3.16. The van der Waals surface area contributed by atoms with Crippen molar-refractivity contribution in [2.75, 3.05) is 7.11 Å². The Hall–Kier alpha value is -2.15. The number of nitro benzene ring substituents is 1. The lowest BCUT2D eigenvalue weighted by molar-refractivity contribution is -0.385. The minimum Gasteiger partial charge on any atom is -0.502 e. The number of amides is 1. The largest absolute Gasteiger partial charge is 0.502 e. The third-order valence-corrected chi connectivity index (χ3v) is 3.16. The summed E-state index contributed by atoms with van der Waals surface area (Å²) in [4.78, 5) is 22.1. The van der Waals surface area contributed by atoms with Gasteiger partial charge in [0.2, 0.25) is 0 Å². The van der Waals surface area contributed by atoms with Crippen molar-refractivity contribution >= 4 is 11.6 Å². The molecule has 0 aliphatic heterocycles. The van der Waals surface area contributed by atoms with Crippen LogP contribution >= 0.6 is 0 Å². The maximum absolute atomic E-state index is 12.1. The summed E-state index contributed by atoms with van der Waals surface area (Å²) in [5.74, 6) is -0.900. The van der Waals surface area contributed by atoms with E-state index < -0.39 is 22.3 Å². The Kier molecular flexibility index (Phi) is 5.26. The van der Waals surface area contributed by atoms with Gasteiger partial charge in [-0.05, 0) is 39.3 Å². The van der Waals surface area contributed by atoms with Crippen LogP contribution in [0.3, 0.4) is 0 Å². The molecule has 0 bridgehead atoms. The molecule has 0 aliphatic rings. The van der Waals surface area contributed by atoms with Crippen molar-refractivity contribution in [3.05, 3.63) is 33.9 Å². The quantitative estimate of drug-likeness (QED) is 0.619. The highest BCUT2D eigenvalue weighted by Gasteiger charge is 2.22. The highest BCUT2D eigenvalue weighted by molar-refractivity contribution is 5.95. The molecule has 0 spiro atoms. The fraction of sp³-hybridized carbons (Fsp3) is 0.500. The number of methoxy groups -OCH3 is 1. The average molecular weight is 296 g/mol. The molecule has 7 heteroatoms. The number of nitro groups is 1. The Morgan fingerprint density at radius 3 is 2.67 bits per heavy atom. The maximum Gasteiger partial charge on any atom is 0.311 e. The first-order chi connectivity index (χ1) is 9.66. The van der Waals surface area contributed by atoms with Crippen LogP contribution in [0.2, 0.25) is 0 Å². The van der Waals surface area contributed by atoms with Gasteiger partial charge in [0.1, 0.15) is 0 Å². The standard InChI is InChI=1S/C14H20N2O5/c1-9(8-14(2,3)21-4)15-13(18)10-5-6-12(17)11(7-10)16(19)20/h5-7,9,17H,8H2,1-4H3,(H,15,18)/t9-/m0/s1. The molecule has 1 aromatic carbocycles. The van der Waals surface area contributed by atoms with Gasteiger partial charge >= 0.3 is 5.69 Å². The van der Waals surface area contributed by atoms with Crippen LogP contribution in [0.1, 0.15) is 37.6 Å². The van der Waals surface area contributed by atoms with Crippen molar-refractivity contribution in [2.24, 2.45) is 0 Å². The number of nitrogens with zero attached hydrogens (tertiary/aromatic N) is 1. The molecule has 0 aromatic heterocycles. The van der Waals surface area contributed by atoms with Gasteiger partial charge in [0, 0.05) is 24.8 Å². The molecule has 7 nitrogen and oxygen atoms in total. The first-order valence-electron chi connectivity index (χ1n) is 6.49. The highest BCUT2D eigenvalue weighted by atomic mass is 16.6. The Morgan fingerprint density at radius 1 is 1.52 bits per heavy atom. The summed E-state index contributed by atoms with van der Waals surface area (Å²) < 4.78 is 5.29. The molecule has 0 saturated heterocycles. The molecule has 1 rings (SSSR count). The summed E-state index contributed by atoms with van der Waals surface area (Å²) in [7, 11) is 1.60. The van der Waals surface area contributed by atoms with Crippen LogP contribution in [0.15, 0.2) is 18.2 Å². The lowest BCUT2D eigenvalue weighted by Gasteiger charge is -2.27. The molecule has 0 aliphatic carbocycles. The fourth-order valence-electron chi connectivity index (χ4n) is 1.99. The Labute approximate surface area is 123 Å². The number of hydrogen-bond acceptors (Lipinski definition) is 5. The van der Waals surface area contributed by atoms with Crippen LogP contribution in [0, 0.1) is 10.1 Å². The van der Waals surface area contributed by atoms with Gasteiger partial charge in [-0.15, -0.1) is 0 Å². The van der Waals surface area contributed by atoms with Crippen LogP contribution in [0.4, 0.5) is 5.69 Å². The first kappa shape index (κ1) is 16.9. The van der Waals surface area contributed by atoms with Crippen LogP contribution in [-0.2, 0) is 4.74 Å². The van der Waals surface area contributed by atoms with E-state index in [0.29, 0.717) is 6.42 Å². The molecule has 0 unspecified atom stereocenters. The second-order valence-corrected chi connectivity index (χ2v) is 5.50. The second-order valence-electron chi connectivity index (χ2n) is 5.50. The lowest BCUT2D eigenvalue weighted by Crippen LogP contribution is -2.38. The van der Waals surface area contributed by atoms with Gasteiger partial charge in [-0.25, -0.2) is 0 Å². The van der Waals surface area contributed by atoms with E-state index in [9.17, 15) is 20.0 Å². The van der Waals surface area contributed by atoms with Crippen LogP contribution < -0.4 is 5.32 Å². The number of hydrogen-bond donors (Lipinski definition) is 2. The average Bonchev–Trinajstić information content (AvgIpc) is 2.37. The fourth-order valence-corrected chi connectivity index (χ4v) is 1.99. The van der Waals surface area contributed by atoms with Gasteiger partial charge in [0.25, 0.3) is 5.91 Å². The monoisotopic (exact) mass is 296 g/mol. The van der Waals surface area contributed by atoms with Gasteiger partial charge < -0.3 is 15.2 Å². The molecule has 0 fully saturated rings. The highest BCUT2D eigenvalue weighted by Crippen LogP contribution is 2.26. The number of phenolic OH excluding ortho intramolecular Hbond substituents is 1. The second kappa shape index (κ2) is 6.53. The molecule has 0 radical (unpaired) electrons. The van der Waals surface area contributed by atoms with Crippen molar-refractivity contribution in [2.45, 2.75) is 38.8 Å². The van der Waals surface area contributed by atoms with Gasteiger partial charge in [0.05, 0.1) is 10.5 Å². The van der Waals surface area contributed by atoms with E-state index in [1.165, 1.54) is 6.07 Å². The van der Waals surface area contributed by atoms with Crippen LogP contribution in [-0.4, -0.2) is 34.7 Å². The van der Waals surface area contributed by atoms with Gasteiger partial charge in [0.15, 0.2) is 5.75 Å². The zero-order valence-corrected chi connectivity index (χ0v) is 12.5. The normalized spacial score (nSPS) is 12.8. The van der Waals surface area contributed by atoms with Crippen molar-refractivity contribution in [1.82, 2.24) is 5.32 Å². The maximum atomic E-state index is 12.1. The zero-order chi connectivity index (χ0) is 16.2. The van der Waals surface area contributed by atoms with E-state index >= 15 is 0 Å². The topological polar surface area (TPSA) is 102 Å². The van der Waals surface area contributed by atoms with Crippen molar-refractivity contribution in [3.63, 3.8) is 0 Å². The molecular weight excluding hydrogens is 276 g/mol. The van der Waals surface area contributed by atoms with E-state index in [2.05, 4.69) is 5.32 Å². The Morgan fingerprint density at radius 2 is 2.14 bits per heavy atom. The predicted molar refractivity (Wildman–Crippen MR) is 77.4 cm³/mol. The summed E-state index contributed by atoms with van der Waals surface area (Å²) in [5.41, 5.74) is -0.748. The van der Waals surface area contributed by atoms with Gasteiger partial charge in [-0.1, -0.05) is 0 Å². The van der Waals surface area contributed by atoms with Crippen molar-refractivity contribution in [1.29, 1.82) is 0 Å². The number of aromatic hydroxyl groups is 1. The number of rotatable bonds is 6. The van der Waals surface area contributed by atoms with E-state index in [-0.39, 0.29) is 17.2 Å². The molecule has 1 atom stereocenters. The molecule has 0 saturated carbocycles. The van der Waals surface area contributed by atoms with Crippen molar-refractivity contribution < 1.29 is 19.6 Å². The zero-order valence-electron chi connectivity index (χ0n) is 12.5. The molecule has 1 amide bonds. The van der Waals surface area contributed by atoms with E-state index in [1.807, 2.05) is 20.8 Å². The van der Waals surface area contributed by atoms with Gasteiger partial charge in [-0.3, -0.25) is 14.9 Å². The number of phenols is 1. The van der Waals surface area contributed by atoms with E-state index in [0.717, 1.165) is 12.1 Å². The molecule has 116 valence electrons. The summed E-state index contributed by atoms with van der Waals surface area (Å²) in [6.07, 6.45) is 0.593. The van der Waals surface area contributed by atoms with E-state index in [1.54, 1.807) is 7.11 Å². The summed E-state index contributed by atoms with van der Waals surface area (Å²) >= 11 is 0. The first-order valence-corrected chi connectivity index (χ1v) is 6.49. The molecular formula is C14H20N2O5.